The van der Waals surface area contributed by atoms with E-state index in [2.05, 4.69) is 18.5 Å². The van der Waals surface area contributed by atoms with Gasteiger partial charge in [-0.15, -0.1) is 4.74 Å². The van der Waals surface area contributed by atoms with E-state index in [0.29, 0.717) is 11.5 Å². The minimum absolute atomic E-state index is 0.0165. The fourth-order valence-corrected chi connectivity index (χ4v) is 1.67. The second-order valence-electron chi connectivity index (χ2n) is 4.27. The number of aryl methyl sites for hydroxylation is 1. The van der Waals surface area contributed by atoms with Gasteiger partial charge in [-0.3, -0.25) is 4.63 Å². The van der Waals surface area contributed by atoms with E-state index < -0.39 is 5.56 Å². The molecule has 2 aromatic rings. The highest BCUT2D eigenvalue weighted by atomic mass is 16.8. The Labute approximate surface area is 98.4 Å². The van der Waals surface area contributed by atoms with Crippen molar-refractivity contribution in [1.29, 1.82) is 0 Å². The van der Waals surface area contributed by atoms with Crippen LogP contribution in [0.5, 0.6) is 0 Å². The Kier molecular flexibility index (Phi) is 2.75. The normalized spacial score (nSPS) is 11.1. The molecule has 2 rings (SSSR count). The van der Waals surface area contributed by atoms with Gasteiger partial charge in [0.25, 0.3) is 5.69 Å². The zero-order chi connectivity index (χ0) is 12.6. The first-order chi connectivity index (χ1) is 8.00. The molecule has 17 heavy (non-hydrogen) atoms. The predicted molar refractivity (Wildman–Crippen MR) is 62.4 cm³/mol. The smallest absolute Gasteiger partial charge is 0.359 e. The van der Waals surface area contributed by atoms with Crippen LogP contribution in [0, 0.1) is 5.21 Å². The molecular weight excluding hydrogens is 220 g/mol. The number of rotatable bonds is 2. The first kappa shape index (κ1) is 11.4. The topological polar surface area (TPSA) is 62.1 Å². The number of aromatic nitrogens is 2. The van der Waals surface area contributed by atoms with Crippen LogP contribution in [0.3, 0.4) is 0 Å². The van der Waals surface area contributed by atoms with Crippen molar-refractivity contribution >= 4 is 0 Å². The lowest BCUT2D eigenvalue weighted by Crippen LogP contribution is -2.27. The van der Waals surface area contributed by atoms with E-state index in [4.69, 9.17) is 0 Å². The lowest BCUT2D eigenvalue weighted by atomic mass is 10.0. The Bertz CT molecular complexity index is 579. The van der Waals surface area contributed by atoms with Crippen LogP contribution in [0.15, 0.2) is 33.7 Å². The van der Waals surface area contributed by atoms with Crippen LogP contribution in [0.2, 0.25) is 0 Å². The summed E-state index contributed by atoms with van der Waals surface area (Å²) in [6, 6.07) is 7.34. The van der Waals surface area contributed by atoms with Gasteiger partial charge < -0.3 is 5.21 Å². The van der Waals surface area contributed by atoms with Crippen LogP contribution in [0.1, 0.15) is 25.3 Å². The highest BCUT2D eigenvalue weighted by Crippen LogP contribution is 2.18. The van der Waals surface area contributed by atoms with E-state index >= 15 is 0 Å². The molecule has 1 aromatic carbocycles. The van der Waals surface area contributed by atoms with Gasteiger partial charge in [0, 0.05) is 5.56 Å². The molecule has 0 saturated heterocycles. The molecule has 0 fully saturated rings. The molecule has 0 unspecified atom stereocenters. The summed E-state index contributed by atoms with van der Waals surface area (Å²) in [5.74, 6) is 0.413. The molecule has 0 amide bonds. The van der Waals surface area contributed by atoms with Gasteiger partial charge >= 0.3 is 5.56 Å². The van der Waals surface area contributed by atoms with E-state index in [1.807, 2.05) is 12.1 Å². The third kappa shape index (κ3) is 1.95. The summed E-state index contributed by atoms with van der Waals surface area (Å²) < 4.78 is 5.56. The SMILES string of the molecule is CC(C)c1ccc(-c2c(=O)n(C)o[n+]2[O-])cc1. The number of benzene rings is 1. The van der Waals surface area contributed by atoms with Gasteiger partial charge in [0.15, 0.2) is 0 Å². The fourth-order valence-electron chi connectivity index (χ4n) is 1.67. The van der Waals surface area contributed by atoms with E-state index in [1.165, 1.54) is 7.05 Å². The molecule has 0 spiro atoms. The van der Waals surface area contributed by atoms with Crippen LogP contribution in [-0.2, 0) is 7.05 Å². The summed E-state index contributed by atoms with van der Waals surface area (Å²) in [5.41, 5.74) is 1.31. The maximum absolute atomic E-state index is 11.7. The highest BCUT2D eigenvalue weighted by molar-refractivity contribution is 5.55. The lowest BCUT2D eigenvalue weighted by molar-refractivity contribution is -0.798. The third-order valence-corrected chi connectivity index (χ3v) is 2.72. The van der Waals surface area contributed by atoms with Gasteiger partial charge in [0.05, 0.1) is 0 Å². The molecular formula is C12H14N2O3. The zero-order valence-electron chi connectivity index (χ0n) is 10.0. The molecule has 5 heteroatoms. The first-order valence-corrected chi connectivity index (χ1v) is 5.41. The van der Waals surface area contributed by atoms with Crippen LogP contribution < -0.4 is 10.5 Å². The largest absolute Gasteiger partial charge is 0.401 e. The molecule has 1 heterocycles. The van der Waals surface area contributed by atoms with Gasteiger partial charge in [0.1, 0.15) is 7.05 Å². The first-order valence-electron chi connectivity index (χ1n) is 5.41. The van der Waals surface area contributed by atoms with Crippen molar-refractivity contribution in [3.63, 3.8) is 0 Å². The van der Waals surface area contributed by atoms with E-state index in [1.54, 1.807) is 12.1 Å². The molecule has 0 radical (unpaired) electrons. The minimum atomic E-state index is -0.433. The van der Waals surface area contributed by atoms with Gasteiger partial charge in [0.2, 0.25) is 0 Å². The Morgan fingerprint density at radius 2 is 1.88 bits per heavy atom. The molecule has 0 saturated carbocycles. The summed E-state index contributed by atoms with van der Waals surface area (Å²) in [5, 5.41) is 11.4. The van der Waals surface area contributed by atoms with Crippen LogP contribution in [-0.4, -0.2) is 4.74 Å². The molecule has 5 nitrogen and oxygen atoms in total. The number of nitrogens with zero attached hydrogens (tertiary/aromatic N) is 2. The molecule has 0 N–H and O–H groups in total. The Balaban J connectivity index is 2.50. The Morgan fingerprint density at radius 1 is 1.29 bits per heavy atom. The van der Waals surface area contributed by atoms with Gasteiger partial charge in [-0.1, -0.05) is 26.0 Å². The van der Waals surface area contributed by atoms with Crippen molar-refractivity contribution in [2.45, 2.75) is 19.8 Å². The van der Waals surface area contributed by atoms with Gasteiger partial charge in [-0.2, -0.15) is 0 Å². The average molecular weight is 234 g/mol. The molecule has 90 valence electrons. The Morgan fingerprint density at radius 3 is 2.29 bits per heavy atom. The van der Waals surface area contributed by atoms with Crippen molar-refractivity contribution in [2.24, 2.45) is 7.05 Å². The summed E-state index contributed by atoms with van der Waals surface area (Å²) in [7, 11) is 1.41. The average Bonchev–Trinajstić information content (AvgIpc) is 2.53. The van der Waals surface area contributed by atoms with Crippen LogP contribution in [0.4, 0.5) is 0 Å². The van der Waals surface area contributed by atoms with E-state index in [9.17, 15) is 10.0 Å². The van der Waals surface area contributed by atoms with Crippen molar-refractivity contribution in [1.82, 2.24) is 4.74 Å². The molecule has 0 aliphatic rings. The molecule has 0 aliphatic heterocycles. The number of hydrogen-bond acceptors (Lipinski definition) is 3. The highest BCUT2D eigenvalue weighted by Gasteiger charge is 2.18. The standard InChI is InChI=1S/C12H14N2O3/c1-8(2)9-4-6-10(7-5-9)11-12(15)13(3)17-14(11)16/h4-8H,1-3H3. The monoisotopic (exact) mass is 234 g/mol. The van der Waals surface area contributed by atoms with Crippen molar-refractivity contribution in [3.05, 3.63) is 45.4 Å². The second-order valence-corrected chi connectivity index (χ2v) is 4.27. The Hall–Kier alpha value is -2.04. The third-order valence-electron chi connectivity index (χ3n) is 2.72. The molecule has 1 aromatic heterocycles. The lowest BCUT2D eigenvalue weighted by Gasteiger charge is -2.04. The quantitative estimate of drug-likeness (QED) is 0.738. The van der Waals surface area contributed by atoms with Crippen molar-refractivity contribution in [3.8, 4) is 11.3 Å². The maximum Gasteiger partial charge on any atom is 0.401 e. The van der Waals surface area contributed by atoms with Crippen molar-refractivity contribution < 1.29 is 9.53 Å². The summed E-state index contributed by atoms with van der Waals surface area (Å²) in [6.07, 6.45) is 0. The van der Waals surface area contributed by atoms with Gasteiger partial charge in [-0.05, 0) is 28.5 Å². The number of hydrogen-bond donors (Lipinski definition) is 0. The van der Waals surface area contributed by atoms with Gasteiger partial charge in [-0.25, -0.2) is 4.79 Å². The zero-order valence-corrected chi connectivity index (χ0v) is 10.0. The minimum Gasteiger partial charge on any atom is -0.359 e. The molecule has 0 atom stereocenters. The predicted octanol–water partition coefficient (Wildman–Crippen LogP) is 1.40. The summed E-state index contributed by atoms with van der Waals surface area (Å²) >= 11 is 0. The van der Waals surface area contributed by atoms with Crippen molar-refractivity contribution in [2.75, 3.05) is 0 Å². The van der Waals surface area contributed by atoms with Crippen LogP contribution >= 0.6 is 0 Å². The summed E-state index contributed by atoms with van der Waals surface area (Å²) in [4.78, 5) is 11.9. The summed E-state index contributed by atoms with van der Waals surface area (Å²) in [6.45, 7) is 4.17. The fraction of sp³-hybridized carbons (Fsp3) is 0.333. The second kappa shape index (κ2) is 4.08. The maximum atomic E-state index is 11.7. The van der Waals surface area contributed by atoms with Crippen LogP contribution in [0.25, 0.3) is 11.3 Å². The van der Waals surface area contributed by atoms with E-state index in [0.717, 1.165) is 10.3 Å². The molecule has 0 bridgehead atoms. The van der Waals surface area contributed by atoms with E-state index in [-0.39, 0.29) is 10.6 Å². The molecule has 0 aliphatic carbocycles.